The van der Waals surface area contributed by atoms with Crippen LogP contribution >= 0.6 is 0 Å². The van der Waals surface area contributed by atoms with E-state index < -0.39 is 0 Å². The summed E-state index contributed by atoms with van der Waals surface area (Å²) < 4.78 is 39.6. The lowest BCUT2D eigenvalue weighted by molar-refractivity contribution is 0.102. The normalized spacial score (nSPS) is 11.3. The molecule has 0 aliphatic rings. The lowest BCUT2D eigenvalue weighted by Crippen LogP contribution is -2.15. The highest BCUT2D eigenvalue weighted by Crippen LogP contribution is 2.43. The summed E-state index contributed by atoms with van der Waals surface area (Å²) in [6.45, 7) is 16.9. The van der Waals surface area contributed by atoms with Crippen LogP contribution < -0.4 is 33.7 Å². The number of hydrogen-bond donors (Lipinski definition) is 1. The van der Waals surface area contributed by atoms with Gasteiger partial charge in [-0.25, -0.2) is 0 Å². The van der Waals surface area contributed by atoms with E-state index in [-0.39, 0.29) is 5.91 Å². The number of nitrogens with one attached hydrogen (secondary N) is 1. The van der Waals surface area contributed by atoms with Crippen molar-refractivity contribution < 1.29 is 33.2 Å². The predicted molar refractivity (Wildman–Crippen MR) is 322 cm³/mol. The van der Waals surface area contributed by atoms with Crippen LogP contribution in [0, 0.1) is 0 Å². The molecule has 0 saturated carbocycles. The van der Waals surface area contributed by atoms with Gasteiger partial charge in [0.1, 0.15) is 0 Å². The number of hydrogen-bond acceptors (Lipinski definition) is 7. The third-order valence-corrected chi connectivity index (χ3v) is 14.6. The zero-order chi connectivity index (χ0) is 53.9. The molecule has 2 aromatic rings. The van der Waals surface area contributed by atoms with Gasteiger partial charge in [-0.3, -0.25) is 4.79 Å². The minimum Gasteiger partial charge on any atom is -0.490 e. The largest absolute Gasteiger partial charge is 0.490 e. The van der Waals surface area contributed by atoms with E-state index in [9.17, 15) is 4.79 Å². The first-order valence-electron chi connectivity index (χ1n) is 32.5. The van der Waals surface area contributed by atoms with E-state index in [1.54, 1.807) is 0 Å². The van der Waals surface area contributed by atoms with Gasteiger partial charge in [-0.15, -0.1) is 0 Å². The van der Waals surface area contributed by atoms with Gasteiger partial charge in [-0.2, -0.15) is 0 Å². The molecule has 0 fully saturated rings. The van der Waals surface area contributed by atoms with E-state index in [2.05, 4.69) is 46.9 Å². The van der Waals surface area contributed by atoms with E-state index in [4.69, 9.17) is 28.4 Å². The minimum absolute atomic E-state index is 0.253. The molecule has 0 radical (unpaired) electrons. The Morgan fingerprint density at radius 3 is 0.733 bits per heavy atom. The molecule has 75 heavy (non-hydrogen) atoms. The molecule has 0 spiro atoms. The molecule has 0 aliphatic carbocycles. The average molecular weight is 1050 g/mol. The minimum atomic E-state index is -0.253. The zero-order valence-electron chi connectivity index (χ0n) is 50.1. The third kappa shape index (κ3) is 35.7. The lowest BCUT2D eigenvalue weighted by atomic mass is 10.1. The van der Waals surface area contributed by atoms with Gasteiger partial charge < -0.3 is 33.7 Å². The van der Waals surface area contributed by atoms with Crippen molar-refractivity contribution >= 4 is 11.6 Å². The van der Waals surface area contributed by atoms with Crippen LogP contribution in [-0.2, 0) is 0 Å². The Bertz CT molecular complexity index is 1510. The lowest BCUT2D eigenvalue weighted by Gasteiger charge is -2.20. The fourth-order valence-electron chi connectivity index (χ4n) is 9.71. The summed E-state index contributed by atoms with van der Waals surface area (Å²) in [6, 6.07) is 7.57. The Hall–Kier alpha value is -3.29. The van der Waals surface area contributed by atoms with Crippen LogP contribution in [0.2, 0.25) is 0 Å². The van der Waals surface area contributed by atoms with Gasteiger partial charge in [-0.1, -0.05) is 273 Å². The Balaban J connectivity index is 2.44. The first-order chi connectivity index (χ1) is 37.0. The maximum absolute atomic E-state index is 14.6. The van der Waals surface area contributed by atoms with Crippen LogP contribution in [-0.4, -0.2) is 45.5 Å². The number of benzene rings is 2. The van der Waals surface area contributed by atoms with Crippen molar-refractivity contribution in [3.05, 3.63) is 29.8 Å². The van der Waals surface area contributed by atoms with Gasteiger partial charge in [0, 0.05) is 23.4 Å². The molecule has 0 saturated heterocycles. The fourth-order valence-corrected chi connectivity index (χ4v) is 9.71. The first-order valence-corrected chi connectivity index (χ1v) is 32.5. The SMILES string of the molecule is CCCCCCCCCCCCOc1cc(NC(=O)c2cc(OCCCCCC)c(OCCCCCC)c(OCCCCCC)c2)cc(OCCCCCCCCCCCC)c1OCCCCCCCCCCCC. The molecule has 0 aliphatic heterocycles. The summed E-state index contributed by atoms with van der Waals surface area (Å²) >= 11 is 0. The van der Waals surface area contributed by atoms with Crippen molar-refractivity contribution in [1.82, 2.24) is 0 Å². The number of unbranched alkanes of at least 4 members (excludes halogenated alkanes) is 36. The van der Waals surface area contributed by atoms with Gasteiger partial charge in [0.2, 0.25) is 11.5 Å². The Labute approximate surface area is 463 Å². The third-order valence-electron chi connectivity index (χ3n) is 14.6. The molecule has 8 heteroatoms. The molecule has 0 bridgehead atoms. The molecular formula is C67H119NO7. The summed E-state index contributed by atoms with van der Waals surface area (Å²) in [5.41, 5.74) is 1.07. The van der Waals surface area contributed by atoms with E-state index >= 15 is 0 Å². The van der Waals surface area contributed by atoms with Crippen LogP contribution in [0.5, 0.6) is 34.5 Å². The summed E-state index contributed by atoms with van der Waals surface area (Å²) in [4.78, 5) is 14.6. The van der Waals surface area contributed by atoms with E-state index in [1.807, 2.05) is 24.3 Å². The van der Waals surface area contributed by atoms with E-state index in [1.165, 1.54) is 161 Å². The van der Waals surface area contributed by atoms with Crippen LogP contribution in [0.25, 0.3) is 0 Å². The molecule has 1 amide bonds. The number of amides is 1. The number of carbonyl (C=O) groups excluding carboxylic acids is 1. The molecule has 1 N–H and O–H groups in total. The number of anilines is 1. The summed E-state index contributed by atoms with van der Waals surface area (Å²) in [6.07, 6.45) is 51.0. The molecule has 2 rings (SSSR count). The zero-order valence-corrected chi connectivity index (χ0v) is 50.1. The quantitative estimate of drug-likeness (QED) is 0.0661. The van der Waals surface area contributed by atoms with Gasteiger partial charge in [0.25, 0.3) is 5.91 Å². The van der Waals surface area contributed by atoms with Crippen LogP contribution in [0.15, 0.2) is 24.3 Å². The predicted octanol–water partition coefficient (Wildman–Crippen LogP) is 21.7. The van der Waals surface area contributed by atoms with Crippen molar-refractivity contribution in [1.29, 1.82) is 0 Å². The Morgan fingerprint density at radius 2 is 0.480 bits per heavy atom. The summed E-state index contributed by atoms with van der Waals surface area (Å²) in [5, 5.41) is 3.27. The molecule has 2 aromatic carbocycles. The van der Waals surface area contributed by atoms with Crippen molar-refractivity contribution in [2.24, 2.45) is 0 Å². The second kappa shape index (κ2) is 50.2. The highest BCUT2D eigenvalue weighted by molar-refractivity contribution is 6.05. The van der Waals surface area contributed by atoms with Crippen LogP contribution in [0.1, 0.15) is 322 Å². The summed E-state index contributed by atoms with van der Waals surface area (Å²) in [7, 11) is 0. The molecule has 434 valence electrons. The highest BCUT2D eigenvalue weighted by atomic mass is 16.5. The topological polar surface area (TPSA) is 84.5 Å². The van der Waals surface area contributed by atoms with Gasteiger partial charge in [-0.05, 0) is 50.7 Å². The standard InChI is InChI=1S/C67H119NO7/c1-7-13-19-25-28-31-34-37-40-46-51-72-63-57-60(58-64(73-52-47-41-38-35-32-29-26-20-14-8-2)66(63)75-54-48-42-39-36-33-30-27-21-15-9-3)68-67(69)59-55-61(70-49-43-22-16-10-4)65(74-53-45-24-18-12-6)62(56-59)71-50-44-23-17-11-5/h55-58H,7-54H2,1-6H3,(H,68,69). The van der Waals surface area contributed by atoms with E-state index in [0.29, 0.717) is 85.4 Å². The molecule has 0 atom stereocenters. The smallest absolute Gasteiger partial charge is 0.255 e. The maximum Gasteiger partial charge on any atom is 0.255 e. The average Bonchev–Trinajstić information content (AvgIpc) is 3.41. The molecular weight excluding hydrogens is 931 g/mol. The molecule has 0 aromatic heterocycles. The second-order valence-electron chi connectivity index (χ2n) is 21.9. The van der Waals surface area contributed by atoms with Crippen LogP contribution in [0.4, 0.5) is 5.69 Å². The number of rotatable bonds is 56. The fraction of sp³-hybridized carbons (Fsp3) is 0.806. The maximum atomic E-state index is 14.6. The molecule has 0 heterocycles. The molecule has 8 nitrogen and oxygen atoms in total. The Morgan fingerprint density at radius 1 is 0.280 bits per heavy atom. The van der Waals surface area contributed by atoms with Crippen molar-refractivity contribution in [2.45, 2.75) is 311 Å². The van der Waals surface area contributed by atoms with E-state index in [0.717, 1.165) is 109 Å². The van der Waals surface area contributed by atoms with Gasteiger partial charge in [0.05, 0.1) is 39.6 Å². The second-order valence-corrected chi connectivity index (χ2v) is 21.9. The van der Waals surface area contributed by atoms with Gasteiger partial charge >= 0.3 is 0 Å². The van der Waals surface area contributed by atoms with Crippen molar-refractivity contribution in [3.8, 4) is 34.5 Å². The summed E-state index contributed by atoms with van der Waals surface area (Å²) in [5.74, 6) is 3.39. The molecule has 0 unspecified atom stereocenters. The van der Waals surface area contributed by atoms with Crippen molar-refractivity contribution in [2.75, 3.05) is 45.0 Å². The highest BCUT2D eigenvalue weighted by Gasteiger charge is 2.22. The number of ether oxygens (including phenoxy) is 6. The first kappa shape index (κ1) is 67.8. The monoisotopic (exact) mass is 1050 g/mol. The Kier molecular flexibility index (Phi) is 45.4. The van der Waals surface area contributed by atoms with Crippen LogP contribution in [0.3, 0.4) is 0 Å². The van der Waals surface area contributed by atoms with Gasteiger partial charge in [0.15, 0.2) is 23.0 Å². The number of carbonyl (C=O) groups is 1. The van der Waals surface area contributed by atoms with Crippen molar-refractivity contribution in [3.63, 3.8) is 0 Å².